The summed E-state index contributed by atoms with van der Waals surface area (Å²) >= 11 is 6.03. The number of carbonyl (C=O) groups excluding carboxylic acids is 1. The van der Waals surface area contributed by atoms with E-state index in [1.54, 1.807) is 19.1 Å². The van der Waals surface area contributed by atoms with Gasteiger partial charge in [-0.2, -0.15) is 0 Å². The fourth-order valence-electron chi connectivity index (χ4n) is 2.51. The number of nitrogens with one attached hydrogen (secondary N) is 1. The summed E-state index contributed by atoms with van der Waals surface area (Å²) in [5, 5.41) is 13.3. The van der Waals surface area contributed by atoms with Gasteiger partial charge in [0.25, 0.3) is 0 Å². The average molecular weight is 312 g/mol. The van der Waals surface area contributed by atoms with Crippen LogP contribution in [0.4, 0.5) is 10.5 Å². The van der Waals surface area contributed by atoms with Crippen molar-refractivity contribution in [2.75, 3.05) is 5.32 Å². The van der Waals surface area contributed by atoms with Crippen LogP contribution in [-0.4, -0.2) is 22.9 Å². The van der Waals surface area contributed by atoms with Crippen molar-refractivity contribution in [3.05, 3.63) is 28.8 Å². The van der Waals surface area contributed by atoms with E-state index in [1.165, 1.54) is 0 Å². The molecule has 1 aliphatic carbocycles. The van der Waals surface area contributed by atoms with E-state index in [1.807, 2.05) is 26.8 Å². The third kappa shape index (κ3) is 3.69. The monoisotopic (exact) mass is 311 g/mol. The number of aliphatic hydroxyl groups is 1. The number of halogens is 1. The number of aliphatic hydroxyl groups excluding tert-OH is 1. The second kappa shape index (κ2) is 5.50. The fraction of sp³-hybridized carbons (Fsp3) is 0.562. The minimum atomic E-state index is -0.565. The minimum absolute atomic E-state index is 0.283. The number of ether oxygens (including phenoxy) is 1. The Balaban J connectivity index is 2.27. The van der Waals surface area contributed by atoms with Crippen molar-refractivity contribution in [1.29, 1.82) is 0 Å². The van der Waals surface area contributed by atoms with Gasteiger partial charge in [-0.25, -0.2) is 4.79 Å². The SMILES string of the molecule is CC(O)C1(c2ccc(Cl)cc2NC(=O)OC(C)(C)C)CC1. The molecule has 1 fully saturated rings. The van der Waals surface area contributed by atoms with Crippen molar-refractivity contribution in [3.63, 3.8) is 0 Å². The maximum Gasteiger partial charge on any atom is 0.412 e. The lowest BCUT2D eigenvalue weighted by Crippen LogP contribution is -2.29. The van der Waals surface area contributed by atoms with Crippen LogP contribution in [0.5, 0.6) is 0 Å². The molecule has 0 saturated heterocycles. The molecule has 0 aliphatic heterocycles. The second-order valence-corrected chi connectivity index (χ2v) is 7.09. The third-order valence-corrected chi connectivity index (χ3v) is 3.98. The van der Waals surface area contributed by atoms with Gasteiger partial charge in [-0.15, -0.1) is 0 Å². The molecule has 1 unspecified atom stereocenters. The van der Waals surface area contributed by atoms with Crippen LogP contribution in [-0.2, 0) is 10.2 Å². The number of benzene rings is 1. The zero-order valence-electron chi connectivity index (χ0n) is 12.9. The Labute approximate surface area is 130 Å². The largest absolute Gasteiger partial charge is 0.444 e. The number of amides is 1. The van der Waals surface area contributed by atoms with Crippen LogP contribution < -0.4 is 5.32 Å². The van der Waals surface area contributed by atoms with Gasteiger partial charge in [0.2, 0.25) is 0 Å². The highest BCUT2D eigenvalue weighted by molar-refractivity contribution is 6.31. The molecule has 0 heterocycles. The summed E-state index contributed by atoms with van der Waals surface area (Å²) in [6, 6.07) is 5.34. The lowest BCUT2D eigenvalue weighted by Gasteiger charge is -2.24. The first-order chi connectivity index (χ1) is 9.64. The van der Waals surface area contributed by atoms with E-state index in [9.17, 15) is 9.90 Å². The quantitative estimate of drug-likeness (QED) is 0.883. The van der Waals surface area contributed by atoms with Gasteiger partial charge in [-0.05, 0) is 58.2 Å². The Morgan fingerprint density at radius 1 is 1.43 bits per heavy atom. The van der Waals surface area contributed by atoms with Crippen LogP contribution in [0.3, 0.4) is 0 Å². The van der Waals surface area contributed by atoms with Crippen LogP contribution in [0, 0.1) is 0 Å². The van der Waals surface area contributed by atoms with Gasteiger partial charge in [-0.3, -0.25) is 5.32 Å². The molecule has 1 amide bonds. The van der Waals surface area contributed by atoms with E-state index in [0.717, 1.165) is 18.4 Å². The molecule has 0 aromatic heterocycles. The molecule has 1 saturated carbocycles. The van der Waals surface area contributed by atoms with E-state index in [0.29, 0.717) is 10.7 Å². The van der Waals surface area contributed by atoms with Crippen LogP contribution in [0.1, 0.15) is 46.1 Å². The predicted molar refractivity (Wildman–Crippen MR) is 83.9 cm³/mol. The highest BCUT2D eigenvalue weighted by Crippen LogP contribution is 2.53. The van der Waals surface area contributed by atoms with Crippen LogP contribution in [0.25, 0.3) is 0 Å². The van der Waals surface area contributed by atoms with Gasteiger partial charge in [0.1, 0.15) is 5.60 Å². The fourth-order valence-corrected chi connectivity index (χ4v) is 2.69. The smallest absolute Gasteiger partial charge is 0.412 e. The van der Waals surface area contributed by atoms with E-state index in [4.69, 9.17) is 16.3 Å². The summed E-state index contributed by atoms with van der Waals surface area (Å²) in [4.78, 5) is 12.0. The van der Waals surface area contributed by atoms with Crippen molar-refractivity contribution in [1.82, 2.24) is 0 Å². The maximum atomic E-state index is 12.0. The molecule has 5 heteroatoms. The van der Waals surface area contributed by atoms with Crippen LogP contribution in [0.2, 0.25) is 5.02 Å². The molecular weight excluding hydrogens is 290 g/mol. The highest BCUT2D eigenvalue weighted by atomic mass is 35.5. The molecule has 1 aromatic rings. The van der Waals surface area contributed by atoms with Crippen molar-refractivity contribution in [2.24, 2.45) is 0 Å². The third-order valence-electron chi connectivity index (χ3n) is 3.74. The predicted octanol–water partition coefficient (Wildman–Crippen LogP) is 4.10. The van der Waals surface area contributed by atoms with E-state index < -0.39 is 17.8 Å². The van der Waals surface area contributed by atoms with Gasteiger partial charge < -0.3 is 9.84 Å². The standard InChI is InChI=1S/C16H22ClNO3/c1-10(19)16(7-8-16)12-6-5-11(17)9-13(12)18-14(20)21-15(2,3)4/h5-6,9-10,19H,7-8H2,1-4H3,(H,18,20). The maximum absolute atomic E-state index is 12.0. The second-order valence-electron chi connectivity index (χ2n) is 6.65. The molecule has 116 valence electrons. The first kappa shape index (κ1) is 16.1. The number of anilines is 1. The van der Waals surface area contributed by atoms with Gasteiger partial charge in [0, 0.05) is 16.1 Å². The molecule has 4 nitrogen and oxygen atoms in total. The summed E-state index contributed by atoms with van der Waals surface area (Å²) < 4.78 is 5.27. The lowest BCUT2D eigenvalue weighted by molar-refractivity contribution is 0.0635. The van der Waals surface area contributed by atoms with E-state index in [2.05, 4.69) is 5.32 Å². The highest BCUT2D eigenvalue weighted by Gasteiger charge is 2.49. The summed E-state index contributed by atoms with van der Waals surface area (Å²) in [7, 11) is 0. The first-order valence-corrected chi connectivity index (χ1v) is 7.50. The number of carbonyl (C=O) groups is 1. The van der Waals surface area contributed by atoms with Crippen molar-refractivity contribution in [2.45, 2.75) is 57.7 Å². The normalized spacial score (nSPS) is 18.0. The average Bonchev–Trinajstić information content (AvgIpc) is 3.07. The Hall–Kier alpha value is -1.26. The molecule has 0 spiro atoms. The van der Waals surface area contributed by atoms with Crippen molar-refractivity contribution in [3.8, 4) is 0 Å². The molecule has 2 rings (SSSR count). The van der Waals surface area contributed by atoms with Crippen LogP contribution in [0.15, 0.2) is 18.2 Å². The topological polar surface area (TPSA) is 58.6 Å². The number of hydrogen-bond acceptors (Lipinski definition) is 3. The van der Waals surface area contributed by atoms with Gasteiger partial charge >= 0.3 is 6.09 Å². The first-order valence-electron chi connectivity index (χ1n) is 7.12. The lowest BCUT2D eigenvalue weighted by atomic mass is 9.89. The van der Waals surface area contributed by atoms with E-state index >= 15 is 0 Å². The van der Waals surface area contributed by atoms with Crippen molar-refractivity contribution < 1.29 is 14.6 Å². The summed E-state index contributed by atoms with van der Waals surface area (Å²) in [6.07, 6.45) is 0.801. The van der Waals surface area contributed by atoms with Gasteiger partial charge in [0.05, 0.1) is 6.10 Å². The van der Waals surface area contributed by atoms with Gasteiger partial charge in [0.15, 0.2) is 0 Å². The molecule has 1 aliphatic rings. The Morgan fingerprint density at radius 3 is 2.52 bits per heavy atom. The van der Waals surface area contributed by atoms with E-state index in [-0.39, 0.29) is 5.41 Å². The minimum Gasteiger partial charge on any atom is -0.444 e. The Kier molecular flexibility index (Phi) is 4.22. The molecule has 0 bridgehead atoms. The number of hydrogen-bond donors (Lipinski definition) is 2. The zero-order valence-corrected chi connectivity index (χ0v) is 13.6. The van der Waals surface area contributed by atoms with Crippen molar-refractivity contribution >= 4 is 23.4 Å². The van der Waals surface area contributed by atoms with Crippen LogP contribution >= 0.6 is 11.6 Å². The number of rotatable bonds is 3. The Bertz CT molecular complexity index is 545. The molecule has 2 N–H and O–H groups in total. The summed E-state index contributed by atoms with van der Waals surface area (Å²) in [6.45, 7) is 7.20. The zero-order chi connectivity index (χ0) is 15.8. The molecule has 0 radical (unpaired) electrons. The Morgan fingerprint density at radius 2 is 2.05 bits per heavy atom. The molecule has 21 heavy (non-hydrogen) atoms. The van der Waals surface area contributed by atoms with Gasteiger partial charge in [-0.1, -0.05) is 17.7 Å². The molecular formula is C16H22ClNO3. The summed E-state index contributed by atoms with van der Waals surface area (Å²) in [5.41, 5.74) is 0.669. The molecule has 1 atom stereocenters. The molecule has 1 aromatic carbocycles. The summed E-state index contributed by atoms with van der Waals surface area (Å²) in [5.74, 6) is 0.